The second kappa shape index (κ2) is 8.43. The van der Waals surface area contributed by atoms with Gasteiger partial charge in [-0.1, -0.05) is 73.3 Å². The van der Waals surface area contributed by atoms with Crippen molar-refractivity contribution >= 4 is 22.8 Å². The largest absolute Gasteiger partial charge is 0.337 e. The molecule has 0 saturated heterocycles. The topological polar surface area (TPSA) is 61.8 Å². The van der Waals surface area contributed by atoms with Gasteiger partial charge in [-0.2, -0.15) is 0 Å². The Morgan fingerprint density at radius 1 is 0.969 bits per heavy atom. The van der Waals surface area contributed by atoms with Crippen molar-refractivity contribution in [3.63, 3.8) is 0 Å². The maximum atomic E-state index is 13.8. The summed E-state index contributed by atoms with van der Waals surface area (Å²) >= 11 is 6.49. The molecule has 1 atom stereocenters. The molecule has 4 aromatic rings. The summed E-state index contributed by atoms with van der Waals surface area (Å²) in [6, 6.07) is 16.9. The Hall–Kier alpha value is -3.12. The van der Waals surface area contributed by atoms with E-state index in [9.17, 15) is 9.59 Å². The zero-order chi connectivity index (χ0) is 22.2. The number of nitrogens with zero attached hydrogens (tertiary/aromatic N) is 4. The molecule has 2 aromatic carbocycles. The Kier molecular flexibility index (Phi) is 5.47. The molecule has 1 aliphatic rings. The van der Waals surface area contributed by atoms with Gasteiger partial charge in [-0.15, -0.1) is 0 Å². The molecule has 6 nitrogen and oxygen atoms in total. The maximum Gasteiger partial charge on any atom is 0.337 e. The van der Waals surface area contributed by atoms with E-state index < -0.39 is 0 Å². The summed E-state index contributed by atoms with van der Waals surface area (Å²) in [6.07, 6.45) is 6.47. The standard InChI is InChI=1S/C25H25ClN4O2/c1-17(18-10-4-2-5-11-18)28-16-27-23-22(28)24(31)29(19-12-6-3-7-13-19)25(32)30(23)21-15-9-8-14-20(21)26/h2,4-5,8-11,14-17,19H,3,6-7,12-13H2,1H3/t17-/m0/s1. The third-order valence-electron chi connectivity index (χ3n) is 6.54. The molecule has 1 aliphatic carbocycles. The molecule has 1 fully saturated rings. The van der Waals surface area contributed by atoms with Crippen LogP contribution in [0.2, 0.25) is 5.02 Å². The molecule has 1 saturated carbocycles. The van der Waals surface area contributed by atoms with Gasteiger partial charge in [0.25, 0.3) is 5.56 Å². The first-order valence-corrected chi connectivity index (χ1v) is 11.5. The van der Waals surface area contributed by atoms with Gasteiger partial charge in [0.15, 0.2) is 11.2 Å². The Morgan fingerprint density at radius 3 is 2.38 bits per heavy atom. The van der Waals surface area contributed by atoms with Crippen molar-refractivity contribution in [2.24, 2.45) is 0 Å². The monoisotopic (exact) mass is 448 g/mol. The Morgan fingerprint density at radius 2 is 1.66 bits per heavy atom. The van der Waals surface area contributed by atoms with Crippen molar-refractivity contribution in [1.29, 1.82) is 0 Å². The summed E-state index contributed by atoms with van der Waals surface area (Å²) in [4.78, 5) is 32.1. The van der Waals surface area contributed by atoms with Crippen LogP contribution in [0, 0.1) is 0 Å². The molecule has 0 N–H and O–H groups in total. The zero-order valence-electron chi connectivity index (χ0n) is 17.9. The number of rotatable bonds is 4. The van der Waals surface area contributed by atoms with Crippen LogP contribution in [0.5, 0.6) is 0 Å². The van der Waals surface area contributed by atoms with Crippen molar-refractivity contribution in [2.75, 3.05) is 0 Å². The van der Waals surface area contributed by atoms with E-state index in [2.05, 4.69) is 4.98 Å². The van der Waals surface area contributed by atoms with Crippen LogP contribution in [0.15, 0.2) is 70.5 Å². The fourth-order valence-electron chi connectivity index (χ4n) is 4.82. The molecule has 0 aliphatic heterocycles. The number of halogens is 1. The quantitative estimate of drug-likeness (QED) is 0.435. The van der Waals surface area contributed by atoms with Crippen molar-refractivity contribution in [1.82, 2.24) is 18.7 Å². The van der Waals surface area contributed by atoms with Crippen LogP contribution in [0.4, 0.5) is 0 Å². The predicted molar refractivity (Wildman–Crippen MR) is 127 cm³/mol. The molecule has 164 valence electrons. The molecule has 5 rings (SSSR count). The van der Waals surface area contributed by atoms with Crippen molar-refractivity contribution < 1.29 is 0 Å². The minimum atomic E-state index is -0.375. The summed E-state index contributed by atoms with van der Waals surface area (Å²) in [5.41, 5.74) is 1.70. The van der Waals surface area contributed by atoms with Gasteiger partial charge < -0.3 is 4.57 Å². The van der Waals surface area contributed by atoms with E-state index in [1.54, 1.807) is 18.5 Å². The Bertz CT molecular complexity index is 1380. The number of benzene rings is 2. The van der Waals surface area contributed by atoms with Crippen molar-refractivity contribution in [3.05, 3.63) is 92.3 Å². The highest BCUT2D eigenvalue weighted by molar-refractivity contribution is 6.32. The molecule has 0 spiro atoms. The van der Waals surface area contributed by atoms with Crippen LogP contribution in [-0.2, 0) is 0 Å². The lowest BCUT2D eigenvalue weighted by Gasteiger charge is -2.25. The molecule has 7 heteroatoms. The lowest BCUT2D eigenvalue weighted by Crippen LogP contribution is -2.43. The first kappa shape index (κ1) is 20.8. The first-order chi connectivity index (χ1) is 15.6. The van der Waals surface area contributed by atoms with Crippen molar-refractivity contribution in [3.8, 4) is 5.69 Å². The second-order valence-electron chi connectivity index (χ2n) is 8.45. The third kappa shape index (κ3) is 3.39. The van der Waals surface area contributed by atoms with Gasteiger partial charge >= 0.3 is 5.69 Å². The van der Waals surface area contributed by atoms with Crippen LogP contribution in [0.1, 0.15) is 56.7 Å². The minimum Gasteiger partial charge on any atom is -0.317 e. The average molecular weight is 449 g/mol. The van der Waals surface area contributed by atoms with E-state index in [0.29, 0.717) is 21.9 Å². The van der Waals surface area contributed by atoms with Crippen LogP contribution < -0.4 is 11.2 Å². The Balaban J connectivity index is 1.83. The molecule has 0 bridgehead atoms. The van der Waals surface area contributed by atoms with Gasteiger partial charge in [0.2, 0.25) is 0 Å². The van der Waals surface area contributed by atoms with E-state index in [-0.39, 0.29) is 23.3 Å². The minimum absolute atomic E-state index is 0.114. The summed E-state index contributed by atoms with van der Waals surface area (Å²) in [7, 11) is 0. The molecule has 0 unspecified atom stereocenters. The van der Waals surface area contributed by atoms with Gasteiger partial charge in [0.05, 0.1) is 23.1 Å². The van der Waals surface area contributed by atoms with E-state index in [1.165, 1.54) is 9.13 Å². The van der Waals surface area contributed by atoms with Crippen molar-refractivity contribution in [2.45, 2.75) is 51.1 Å². The lowest BCUT2D eigenvalue weighted by molar-refractivity contribution is 0.335. The molecule has 0 amide bonds. The van der Waals surface area contributed by atoms with Gasteiger partial charge in [0.1, 0.15) is 0 Å². The number of para-hydroxylation sites is 1. The Labute approximate surface area is 190 Å². The number of hydrogen-bond acceptors (Lipinski definition) is 3. The van der Waals surface area contributed by atoms with Crippen LogP contribution >= 0.6 is 11.6 Å². The molecular formula is C25H25ClN4O2. The zero-order valence-corrected chi connectivity index (χ0v) is 18.7. The summed E-state index contributed by atoms with van der Waals surface area (Å²) in [5.74, 6) is 0. The van der Waals surface area contributed by atoms with Gasteiger partial charge in [-0.25, -0.2) is 14.3 Å². The highest BCUT2D eigenvalue weighted by Gasteiger charge is 2.27. The smallest absolute Gasteiger partial charge is 0.317 e. The predicted octanol–water partition coefficient (Wildman–Crippen LogP) is 5.12. The number of imidazole rings is 1. The van der Waals surface area contributed by atoms with E-state index in [1.807, 2.05) is 54.0 Å². The third-order valence-corrected chi connectivity index (χ3v) is 6.86. The molecule has 2 aromatic heterocycles. The lowest BCUT2D eigenvalue weighted by atomic mass is 9.95. The highest BCUT2D eigenvalue weighted by atomic mass is 35.5. The molecule has 2 heterocycles. The number of fused-ring (bicyclic) bond motifs is 1. The summed E-state index contributed by atoms with van der Waals surface area (Å²) in [5, 5.41) is 0.440. The molecule has 32 heavy (non-hydrogen) atoms. The number of hydrogen-bond donors (Lipinski definition) is 0. The maximum absolute atomic E-state index is 13.8. The van der Waals surface area contributed by atoms with E-state index in [0.717, 1.165) is 37.7 Å². The second-order valence-corrected chi connectivity index (χ2v) is 8.85. The normalized spacial score (nSPS) is 15.8. The van der Waals surface area contributed by atoms with Crippen LogP contribution in [0.3, 0.4) is 0 Å². The highest BCUT2D eigenvalue weighted by Crippen LogP contribution is 2.28. The SMILES string of the molecule is C[C@@H](c1ccccc1)n1cnc2c1c(=O)n(C1CCCCC1)c(=O)n2-c1ccccc1Cl. The van der Waals surface area contributed by atoms with Gasteiger partial charge in [-0.3, -0.25) is 9.36 Å². The summed E-state index contributed by atoms with van der Waals surface area (Å²) < 4.78 is 4.82. The molecule has 0 radical (unpaired) electrons. The number of aromatic nitrogens is 4. The fraction of sp³-hybridized carbons (Fsp3) is 0.320. The van der Waals surface area contributed by atoms with E-state index in [4.69, 9.17) is 11.6 Å². The first-order valence-electron chi connectivity index (χ1n) is 11.1. The average Bonchev–Trinajstić information content (AvgIpc) is 3.26. The van der Waals surface area contributed by atoms with Gasteiger partial charge in [0, 0.05) is 6.04 Å². The van der Waals surface area contributed by atoms with E-state index >= 15 is 0 Å². The molecular weight excluding hydrogens is 424 g/mol. The summed E-state index contributed by atoms with van der Waals surface area (Å²) in [6.45, 7) is 2.03. The fourth-order valence-corrected chi connectivity index (χ4v) is 5.04. The van der Waals surface area contributed by atoms with Crippen LogP contribution in [0.25, 0.3) is 16.9 Å². The van der Waals surface area contributed by atoms with Crippen LogP contribution in [-0.4, -0.2) is 18.7 Å². The van der Waals surface area contributed by atoms with Gasteiger partial charge in [-0.05, 0) is 37.5 Å².